The molecule has 6 nitrogen and oxygen atoms in total. The summed E-state index contributed by atoms with van der Waals surface area (Å²) >= 11 is 0. The van der Waals surface area contributed by atoms with Crippen molar-refractivity contribution in [2.45, 2.75) is 6.42 Å². The zero-order chi connectivity index (χ0) is 25.1. The van der Waals surface area contributed by atoms with Gasteiger partial charge in [0.25, 0.3) is 0 Å². The first-order valence-electron chi connectivity index (χ1n) is 11.5. The van der Waals surface area contributed by atoms with Crippen LogP contribution in [0.2, 0.25) is 0 Å². The molecule has 0 aliphatic carbocycles. The Hall–Kier alpha value is -4.58. The van der Waals surface area contributed by atoms with Gasteiger partial charge in [-0.15, -0.1) is 0 Å². The van der Waals surface area contributed by atoms with E-state index in [1.165, 1.54) is 7.11 Å². The third-order valence-electron chi connectivity index (χ3n) is 6.23. The third kappa shape index (κ3) is 4.41. The quantitative estimate of drug-likeness (QED) is 0.194. The standard InChI is InChI=1S/C30H24O6/c1-33-23-13-10-20(11-14-23)29(31)25(16-21-8-5-7-19-6-3-4-9-24(19)21)28(30(32)34-2)22-12-15-26-27(17-22)36-18-35-26/h3-15,17H,16,18H2,1-2H3/b28-25-. The maximum Gasteiger partial charge on any atom is 0.338 e. The normalized spacial score (nSPS) is 12.7. The third-order valence-corrected chi connectivity index (χ3v) is 6.23. The molecule has 0 aromatic heterocycles. The SMILES string of the molecule is COC(=O)/C(=C(/Cc1cccc2ccccc12)C(=O)c1ccc(OC)cc1)c1ccc2c(c1)OCO2. The highest BCUT2D eigenvalue weighted by molar-refractivity contribution is 6.27. The molecule has 0 unspecified atom stereocenters. The lowest BCUT2D eigenvalue weighted by Gasteiger charge is -2.16. The average molecular weight is 481 g/mol. The zero-order valence-corrected chi connectivity index (χ0v) is 19.9. The van der Waals surface area contributed by atoms with Gasteiger partial charge in [-0.05, 0) is 58.3 Å². The van der Waals surface area contributed by atoms with Gasteiger partial charge in [0, 0.05) is 17.6 Å². The van der Waals surface area contributed by atoms with Crippen LogP contribution < -0.4 is 14.2 Å². The molecule has 1 aliphatic heterocycles. The van der Waals surface area contributed by atoms with Crippen LogP contribution in [0.1, 0.15) is 21.5 Å². The van der Waals surface area contributed by atoms with Crippen molar-refractivity contribution in [2.24, 2.45) is 0 Å². The minimum absolute atomic E-state index is 0.101. The summed E-state index contributed by atoms with van der Waals surface area (Å²) < 4.78 is 21.4. The lowest BCUT2D eigenvalue weighted by atomic mass is 9.88. The number of rotatable bonds is 7. The Bertz CT molecular complexity index is 1480. The molecule has 0 saturated heterocycles. The Labute approximate surface area is 208 Å². The second-order valence-electron chi connectivity index (χ2n) is 8.29. The topological polar surface area (TPSA) is 71.1 Å². The Balaban J connectivity index is 1.72. The van der Waals surface area contributed by atoms with Gasteiger partial charge in [-0.2, -0.15) is 0 Å². The molecule has 4 aromatic carbocycles. The van der Waals surface area contributed by atoms with Crippen molar-refractivity contribution in [3.05, 3.63) is 107 Å². The summed E-state index contributed by atoms with van der Waals surface area (Å²) in [7, 11) is 2.88. The minimum Gasteiger partial charge on any atom is -0.497 e. The summed E-state index contributed by atoms with van der Waals surface area (Å²) in [6.07, 6.45) is 0.227. The molecule has 0 bridgehead atoms. The van der Waals surface area contributed by atoms with E-state index < -0.39 is 5.97 Å². The molecule has 0 N–H and O–H groups in total. The van der Waals surface area contributed by atoms with E-state index in [0.29, 0.717) is 33.9 Å². The first-order chi connectivity index (χ1) is 17.6. The van der Waals surface area contributed by atoms with Crippen molar-refractivity contribution in [2.75, 3.05) is 21.0 Å². The maximum atomic E-state index is 14.0. The number of ether oxygens (including phenoxy) is 4. The van der Waals surface area contributed by atoms with E-state index in [-0.39, 0.29) is 24.6 Å². The molecule has 4 aromatic rings. The van der Waals surface area contributed by atoms with Crippen molar-refractivity contribution in [3.63, 3.8) is 0 Å². The molecule has 0 atom stereocenters. The summed E-state index contributed by atoms with van der Waals surface area (Å²) in [5, 5.41) is 2.06. The van der Waals surface area contributed by atoms with Gasteiger partial charge in [-0.1, -0.05) is 48.5 Å². The van der Waals surface area contributed by atoms with Crippen LogP contribution in [0.5, 0.6) is 17.2 Å². The summed E-state index contributed by atoms with van der Waals surface area (Å²) in [5.41, 5.74) is 2.38. The molecule has 0 spiro atoms. The highest BCUT2D eigenvalue weighted by Crippen LogP contribution is 2.37. The van der Waals surface area contributed by atoms with E-state index in [2.05, 4.69) is 0 Å². The van der Waals surface area contributed by atoms with Gasteiger partial charge in [0.15, 0.2) is 17.3 Å². The van der Waals surface area contributed by atoms with Crippen LogP contribution in [-0.2, 0) is 16.0 Å². The Kier molecular flexibility index (Phi) is 6.41. The highest BCUT2D eigenvalue weighted by Gasteiger charge is 2.27. The fraction of sp³-hybridized carbons (Fsp3) is 0.133. The fourth-order valence-corrected chi connectivity index (χ4v) is 4.41. The van der Waals surface area contributed by atoms with Gasteiger partial charge in [-0.25, -0.2) is 4.79 Å². The molecular formula is C30H24O6. The van der Waals surface area contributed by atoms with E-state index in [0.717, 1.165) is 16.3 Å². The predicted octanol–water partition coefficient (Wildman–Crippen LogP) is 5.63. The van der Waals surface area contributed by atoms with E-state index in [1.54, 1.807) is 49.6 Å². The Morgan fingerprint density at radius 2 is 1.53 bits per heavy atom. The maximum absolute atomic E-state index is 14.0. The van der Waals surface area contributed by atoms with Crippen LogP contribution in [0.25, 0.3) is 16.3 Å². The number of allylic oxidation sites excluding steroid dienone is 1. The average Bonchev–Trinajstić information content (AvgIpc) is 3.40. The number of ketones is 1. The van der Waals surface area contributed by atoms with E-state index in [4.69, 9.17) is 18.9 Å². The number of benzene rings is 4. The molecule has 0 amide bonds. The number of esters is 1. The van der Waals surface area contributed by atoms with Crippen LogP contribution >= 0.6 is 0 Å². The van der Waals surface area contributed by atoms with Crippen molar-refractivity contribution < 1.29 is 28.5 Å². The van der Waals surface area contributed by atoms with Crippen LogP contribution in [0.4, 0.5) is 0 Å². The number of hydrogen-bond acceptors (Lipinski definition) is 6. The highest BCUT2D eigenvalue weighted by atomic mass is 16.7. The van der Waals surface area contributed by atoms with E-state index in [1.807, 2.05) is 42.5 Å². The lowest BCUT2D eigenvalue weighted by Crippen LogP contribution is -2.15. The number of hydrogen-bond donors (Lipinski definition) is 0. The fourth-order valence-electron chi connectivity index (χ4n) is 4.41. The second-order valence-corrected chi connectivity index (χ2v) is 8.29. The lowest BCUT2D eigenvalue weighted by molar-refractivity contribution is -0.133. The predicted molar refractivity (Wildman–Crippen MR) is 136 cm³/mol. The molecule has 1 aliphatic rings. The van der Waals surface area contributed by atoms with Gasteiger partial charge >= 0.3 is 5.97 Å². The van der Waals surface area contributed by atoms with Gasteiger partial charge in [0.1, 0.15) is 5.75 Å². The Morgan fingerprint density at radius 1 is 0.806 bits per heavy atom. The first-order valence-corrected chi connectivity index (χ1v) is 11.5. The molecule has 36 heavy (non-hydrogen) atoms. The smallest absolute Gasteiger partial charge is 0.338 e. The van der Waals surface area contributed by atoms with Crippen molar-refractivity contribution in [1.82, 2.24) is 0 Å². The summed E-state index contributed by atoms with van der Waals surface area (Å²) in [6.45, 7) is 0.101. The van der Waals surface area contributed by atoms with Crippen molar-refractivity contribution >= 4 is 28.1 Å². The van der Waals surface area contributed by atoms with E-state index in [9.17, 15) is 9.59 Å². The number of Topliss-reactive ketones (excluding diaryl/α,β-unsaturated/α-hetero) is 1. The summed E-state index contributed by atoms with van der Waals surface area (Å²) in [6, 6.07) is 25.9. The monoisotopic (exact) mass is 480 g/mol. The minimum atomic E-state index is -0.606. The number of methoxy groups -OCH3 is 2. The molecular weight excluding hydrogens is 456 g/mol. The Morgan fingerprint density at radius 3 is 2.31 bits per heavy atom. The molecule has 0 saturated carbocycles. The number of carbonyl (C=O) groups is 2. The van der Waals surface area contributed by atoms with Gasteiger partial charge in [-0.3, -0.25) is 4.79 Å². The van der Waals surface area contributed by atoms with Crippen LogP contribution in [0.3, 0.4) is 0 Å². The largest absolute Gasteiger partial charge is 0.497 e. The molecule has 0 fully saturated rings. The van der Waals surface area contributed by atoms with Crippen LogP contribution in [0.15, 0.2) is 90.5 Å². The number of carbonyl (C=O) groups excluding carboxylic acids is 2. The number of fused-ring (bicyclic) bond motifs is 2. The van der Waals surface area contributed by atoms with Crippen molar-refractivity contribution in [1.29, 1.82) is 0 Å². The van der Waals surface area contributed by atoms with Gasteiger partial charge in [0.2, 0.25) is 6.79 Å². The first kappa shape index (κ1) is 23.2. The zero-order valence-electron chi connectivity index (χ0n) is 19.9. The van der Waals surface area contributed by atoms with Gasteiger partial charge < -0.3 is 18.9 Å². The summed E-state index contributed by atoms with van der Waals surface area (Å²) in [5.74, 6) is 0.847. The molecule has 0 radical (unpaired) electrons. The van der Waals surface area contributed by atoms with Crippen molar-refractivity contribution in [3.8, 4) is 17.2 Å². The van der Waals surface area contributed by atoms with Crippen LogP contribution in [-0.4, -0.2) is 32.8 Å². The molecule has 6 heteroatoms. The second kappa shape index (κ2) is 9.96. The molecule has 180 valence electrons. The molecule has 5 rings (SSSR count). The van der Waals surface area contributed by atoms with E-state index >= 15 is 0 Å². The molecule has 1 heterocycles. The summed E-state index contributed by atoms with van der Waals surface area (Å²) in [4.78, 5) is 27.2. The van der Waals surface area contributed by atoms with Gasteiger partial charge in [0.05, 0.1) is 19.8 Å². The van der Waals surface area contributed by atoms with Crippen LogP contribution in [0, 0.1) is 0 Å².